The minimum atomic E-state index is -0.703. The molecule has 0 aromatic heterocycles. The van der Waals surface area contributed by atoms with Gasteiger partial charge in [-0.05, 0) is 6.07 Å². The third kappa shape index (κ3) is 2.36. The molecule has 0 bridgehead atoms. The van der Waals surface area contributed by atoms with Gasteiger partial charge in [-0.15, -0.1) is 0 Å². The molecule has 82 valence electrons. The summed E-state index contributed by atoms with van der Waals surface area (Å²) in [6.07, 6.45) is 0. The highest BCUT2D eigenvalue weighted by Gasteiger charge is 2.15. The van der Waals surface area contributed by atoms with Gasteiger partial charge in [0, 0.05) is 11.6 Å². The molecule has 0 spiro atoms. The second-order valence-corrected chi connectivity index (χ2v) is 2.80. The molecule has 0 atom stereocenters. The topological polar surface area (TPSA) is 102 Å². The maximum absolute atomic E-state index is 11.2. The standard InChI is InChI=1S/C9H11NO5/c1-14-9(13)6-2-5(4-15-10)7(11)3-8(6)12/h2-3,11-12H,4,10H2,1H3. The lowest BCUT2D eigenvalue weighted by Crippen LogP contribution is -2.05. The first-order valence-corrected chi connectivity index (χ1v) is 4.05. The van der Waals surface area contributed by atoms with Crippen molar-refractivity contribution in [1.82, 2.24) is 0 Å². The first kappa shape index (κ1) is 11.3. The van der Waals surface area contributed by atoms with E-state index in [0.717, 1.165) is 6.07 Å². The van der Waals surface area contributed by atoms with Gasteiger partial charge in [-0.1, -0.05) is 0 Å². The van der Waals surface area contributed by atoms with Gasteiger partial charge in [0.15, 0.2) is 0 Å². The molecule has 1 aromatic rings. The molecule has 4 N–H and O–H groups in total. The molecule has 6 heteroatoms. The molecule has 0 unspecified atom stereocenters. The molecule has 6 nitrogen and oxygen atoms in total. The summed E-state index contributed by atoms with van der Waals surface area (Å²) in [4.78, 5) is 15.5. The molecule has 0 amide bonds. The van der Waals surface area contributed by atoms with Crippen LogP contribution in [0, 0.1) is 0 Å². The Bertz CT molecular complexity index is 377. The highest BCUT2D eigenvalue weighted by atomic mass is 16.6. The molecule has 0 fully saturated rings. The van der Waals surface area contributed by atoms with Crippen LogP contribution in [0.3, 0.4) is 0 Å². The molecule has 1 aromatic carbocycles. The number of methoxy groups -OCH3 is 1. The number of rotatable bonds is 3. The fourth-order valence-corrected chi connectivity index (χ4v) is 1.10. The van der Waals surface area contributed by atoms with E-state index in [-0.39, 0.29) is 29.2 Å². The van der Waals surface area contributed by atoms with Crippen LogP contribution in [0.4, 0.5) is 0 Å². The van der Waals surface area contributed by atoms with Crippen LogP contribution in [0.25, 0.3) is 0 Å². The molecule has 0 radical (unpaired) electrons. The van der Waals surface area contributed by atoms with E-state index in [4.69, 9.17) is 5.90 Å². The quantitative estimate of drug-likeness (QED) is 0.492. The molecular formula is C9H11NO5. The highest BCUT2D eigenvalue weighted by molar-refractivity contribution is 5.92. The molecular weight excluding hydrogens is 202 g/mol. The SMILES string of the molecule is COC(=O)c1cc(CON)c(O)cc1O. The van der Waals surface area contributed by atoms with Crippen LogP contribution in [-0.4, -0.2) is 23.3 Å². The number of phenols is 2. The van der Waals surface area contributed by atoms with E-state index in [1.54, 1.807) is 0 Å². The van der Waals surface area contributed by atoms with Crippen molar-refractivity contribution < 1.29 is 24.6 Å². The van der Waals surface area contributed by atoms with Gasteiger partial charge in [0.25, 0.3) is 0 Å². The average molecular weight is 213 g/mol. The van der Waals surface area contributed by atoms with Gasteiger partial charge in [0.1, 0.15) is 17.1 Å². The van der Waals surface area contributed by atoms with E-state index in [9.17, 15) is 15.0 Å². The maximum atomic E-state index is 11.2. The molecule has 0 heterocycles. The summed E-state index contributed by atoms with van der Waals surface area (Å²) >= 11 is 0. The fraction of sp³-hybridized carbons (Fsp3) is 0.222. The van der Waals surface area contributed by atoms with E-state index in [1.807, 2.05) is 0 Å². The lowest BCUT2D eigenvalue weighted by Gasteiger charge is -2.07. The van der Waals surface area contributed by atoms with Crippen LogP contribution in [0.15, 0.2) is 12.1 Å². The molecule has 0 aliphatic carbocycles. The van der Waals surface area contributed by atoms with Crippen LogP contribution in [-0.2, 0) is 16.2 Å². The van der Waals surface area contributed by atoms with Crippen LogP contribution in [0.5, 0.6) is 11.5 Å². The van der Waals surface area contributed by atoms with E-state index in [0.29, 0.717) is 0 Å². The third-order valence-corrected chi connectivity index (χ3v) is 1.84. The van der Waals surface area contributed by atoms with Gasteiger partial charge in [0.2, 0.25) is 0 Å². The largest absolute Gasteiger partial charge is 0.507 e. The minimum absolute atomic E-state index is 0.0534. The number of aromatic hydroxyl groups is 2. The molecule has 1 rings (SSSR count). The number of benzene rings is 1. The Balaban J connectivity index is 3.17. The Hall–Kier alpha value is -1.79. The van der Waals surface area contributed by atoms with Gasteiger partial charge in [0.05, 0.1) is 13.7 Å². The summed E-state index contributed by atoms with van der Waals surface area (Å²) < 4.78 is 4.44. The van der Waals surface area contributed by atoms with Crippen LogP contribution in [0.1, 0.15) is 15.9 Å². The summed E-state index contributed by atoms with van der Waals surface area (Å²) in [6.45, 7) is -0.0733. The summed E-state index contributed by atoms with van der Waals surface area (Å²) in [5.41, 5.74) is 0.234. The number of carbonyl (C=O) groups excluding carboxylic acids is 1. The summed E-state index contributed by atoms with van der Waals surface area (Å²) in [7, 11) is 1.19. The molecule has 0 aliphatic heterocycles. The lowest BCUT2D eigenvalue weighted by molar-refractivity contribution is 0.0596. The fourth-order valence-electron chi connectivity index (χ4n) is 1.10. The number of hydrogen-bond acceptors (Lipinski definition) is 6. The van der Waals surface area contributed by atoms with Crippen molar-refractivity contribution in [1.29, 1.82) is 0 Å². The van der Waals surface area contributed by atoms with Crippen molar-refractivity contribution >= 4 is 5.97 Å². The second-order valence-electron chi connectivity index (χ2n) is 2.80. The predicted molar refractivity (Wildman–Crippen MR) is 50.1 cm³/mol. The van der Waals surface area contributed by atoms with Gasteiger partial charge in [-0.25, -0.2) is 10.7 Å². The third-order valence-electron chi connectivity index (χ3n) is 1.84. The number of carbonyl (C=O) groups is 1. The van der Waals surface area contributed by atoms with Crippen molar-refractivity contribution in [3.05, 3.63) is 23.3 Å². The van der Waals surface area contributed by atoms with Crippen LogP contribution >= 0.6 is 0 Å². The number of esters is 1. The molecule has 0 saturated carbocycles. The molecule has 0 saturated heterocycles. The molecule has 0 aliphatic rings. The first-order chi connectivity index (χ1) is 7.10. The van der Waals surface area contributed by atoms with Crippen molar-refractivity contribution in [2.24, 2.45) is 5.90 Å². The van der Waals surface area contributed by atoms with Crippen LogP contribution < -0.4 is 5.90 Å². The van der Waals surface area contributed by atoms with Crippen molar-refractivity contribution in [3.8, 4) is 11.5 Å². The zero-order chi connectivity index (χ0) is 11.4. The second kappa shape index (κ2) is 4.63. The van der Waals surface area contributed by atoms with E-state index in [1.165, 1.54) is 13.2 Å². The van der Waals surface area contributed by atoms with Gasteiger partial charge >= 0.3 is 5.97 Å². The summed E-state index contributed by atoms with van der Waals surface area (Å²) in [5, 5.41) is 18.7. The normalized spacial score (nSPS) is 10.0. The number of nitrogens with two attached hydrogens (primary N) is 1. The Kier molecular flexibility index (Phi) is 3.48. The van der Waals surface area contributed by atoms with Gasteiger partial charge in [-0.2, -0.15) is 0 Å². The monoisotopic (exact) mass is 213 g/mol. The van der Waals surface area contributed by atoms with Crippen molar-refractivity contribution in [3.63, 3.8) is 0 Å². The predicted octanol–water partition coefficient (Wildman–Crippen LogP) is 0.275. The van der Waals surface area contributed by atoms with Crippen molar-refractivity contribution in [2.75, 3.05) is 7.11 Å². The number of phenolic OH excluding ortho intramolecular Hbond substituents is 2. The smallest absolute Gasteiger partial charge is 0.341 e. The Morgan fingerprint density at radius 1 is 1.40 bits per heavy atom. The zero-order valence-electron chi connectivity index (χ0n) is 8.06. The number of hydrogen-bond donors (Lipinski definition) is 3. The van der Waals surface area contributed by atoms with E-state index in [2.05, 4.69) is 9.57 Å². The Morgan fingerprint density at radius 3 is 2.60 bits per heavy atom. The van der Waals surface area contributed by atoms with E-state index >= 15 is 0 Å². The zero-order valence-corrected chi connectivity index (χ0v) is 8.06. The Labute approximate surface area is 85.8 Å². The minimum Gasteiger partial charge on any atom is -0.507 e. The summed E-state index contributed by atoms with van der Waals surface area (Å²) in [6, 6.07) is 2.28. The molecule has 15 heavy (non-hydrogen) atoms. The van der Waals surface area contributed by atoms with Crippen LogP contribution in [0.2, 0.25) is 0 Å². The Morgan fingerprint density at radius 2 is 2.07 bits per heavy atom. The van der Waals surface area contributed by atoms with E-state index < -0.39 is 5.97 Å². The van der Waals surface area contributed by atoms with Gasteiger partial charge in [-0.3, -0.25) is 4.84 Å². The maximum Gasteiger partial charge on any atom is 0.341 e. The lowest BCUT2D eigenvalue weighted by atomic mass is 10.1. The van der Waals surface area contributed by atoms with Crippen molar-refractivity contribution in [2.45, 2.75) is 6.61 Å². The highest BCUT2D eigenvalue weighted by Crippen LogP contribution is 2.28. The number of ether oxygens (including phenoxy) is 1. The van der Waals surface area contributed by atoms with Gasteiger partial charge < -0.3 is 14.9 Å². The first-order valence-electron chi connectivity index (χ1n) is 4.05. The summed E-state index contributed by atoms with van der Waals surface area (Å²) in [5.74, 6) is 3.57. The average Bonchev–Trinajstić information content (AvgIpc) is 2.21.